The van der Waals surface area contributed by atoms with Crippen molar-refractivity contribution in [3.05, 3.63) is 30.1 Å². The van der Waals surface area contributed by atoms with Crippen LogP contribution in [0, 0.1) is 5.92 Å². The normalized spacial score (nSPS) is 21.0. The zero-order valence-corrected chi connectivity index (χ0v) is 12.2. The van der Waals surface area contributed by atoms with Crippen molar-refractivity contribution < 1.29 is 14.7 Å². The number of hydrogen-bond acceptors (Lipinski definition) is 3. The molecule has 2 N–H and O–H groups in total. The highest BCUT2D eigenvalue weighted by Crippen LogP contribution is 2.26. The first-order valence-electron chi connectivity index (χ1n) is 7.29. The van der Waals surface area contributed by atoms with Gasteiger partial charge in [-0.25, -0.2) is 4.79 Å². The van der Waals surface area contributed by atoms with E-state index >= 15 is 0 Å². The molecular formula is C15H21N3O3. The molecule has 2 atom stereocenters. The molecule has 2 amide bonds. The van der Waals surface area contributed by atoms with Crippen molar-refractivity contribution in [2.24, 2.45) is 5.92 Å². The Hall–Kier alpha value is -2.11. The van der Waals surface area contributed by atoms with Crippen molar-refractivity contribution in [1.29, 1.82) is 0 Å². The summed E-state index contributed by atoms with van der Waals surface area (Å²) in [5.41, 5.74) is 1.00. The van der Waals surface area contributed by atoms with Crippen molar-refractivity contribution in [3.8, 4) is 0 Å². The molecule has 1 fully saturated rings. The quantitative estimate of drug-likeness (QED) is 0.867. The van der Waals surface area contributed by atoms with E-state index in [1.54, 1.807) is 17.3 Å². The Kier molecular flexibility index (Phi) is 5.14. The highest BCUT2D eigenvalue weighted by Gasteiger charge is 2.34. The van der Waals surface area contributed by atoms with Crippen molar-refractivity contribution >= 4 is 12.0 Å². The second-order valence-electron chi connectivity index (χ2n) is 5.30. The van der Waals surface area contributed by atoms with E-state index in [4.69, 9.17) is 5.11 Å². The van der Waals surface area contributed by atoms with Crippen LogP contribution in [0.15, 0.2) is 24.5 Å². The molecule has 1 aliphatic rings. The summed E-state index contributed by atoms with van der Waals surface area (Å²) in [5, 5.41) is 12.0. The van der Waals surface area contributed by atoms with Gasteiger partial charge >= 0.3 is 12.0 Å². The standard InChI is InChI=1S/C15H21N3O3/c1-2-18(10-11-6-8-16-9-7-11)15(21)17-13-5-3-4-12(13)14(19)20/h6-9,12-13H,2-5,10H2,1H3,(H,17,21)(H,19,20). The molecular weight excluding hydrogens is 270 g/mol. The highest BCUT2D eigenvalue weighted by atomic mass is 16.4. The van der Waals surface area contributed by atoms with Crippen LogP contribution in [0.5, 0.6) is 0 Å². The van der Waals surface area contributed by atoms with Gasteiger partial charge in [0.2, 0.25) is 0 Å². The van der Waals surface area contributed by atoms with E-state index in [9.17, 15) is 9.59 Å². The average Bonchev–Trinajstić information content (AvgIpc) is 2.94. The summed E-state index contributed by atoms with van der Waals surface area (Å²) in [7, 11) is 0. The molecule has 1 saturated carbocycles. The first kappa shape index (κ1) is 15.3. The fraction of sp³-hybridized carbons (Fsp3) is 0.533. The number of nitrogens with one attached hydrogen (secondary N) is 1. The maximum absolute atomic E-state index is 12.3. The Balaban J connectivity index is 1.95. The third-order valence-electron chi connectivity index (χ3n) is 3.93. The summed E-state index contributed by atoms with van der Waals surface area (Å²) < 4.78 is 0. The Morgan fingerprint density at radius 3 is 2.71 bits per heavy atom. The minimum atomic E-state index is -0.824. The number of carboxylic acid groups (broad SMARTS) is 1. The Morgan fingerprint density at radius 1 is 1.38 bits per heavy atom. The summed E-state index contributed by atoms with van der Waals surface area (Å²) in [6.07, 6.45) is 5.60. The van der Waals surface area contributed by atoms with E-state index < -0.39 is 11.9 Å². The van der Waals surface area contributed by atoms with Gasteiger partial charge in [-0.2, -0.15) is 0 Å². The molecule has 1 aliphatic carbocycles. The van der Waals surface area contributed by atoms with Crippen molar-refractivity contribution in [2.75, 3.05) is 6.54 Å². The number of urea groups is 1. The highest BCUT2D eigenvalue weighted by molar-refractivity contribution is 5.77. The number of carbonyl (C=O) groups is 2. The van der Waals surface area contributed by atoms with Gasteiger partial charge in [-0.05, 0) is 37.5 Å². The Morgan fingerprint density at radius 2 is 2.10 bits per heavy atom. The molecule has 6 nitrogen and oxygen atoms in total. The van der Waals surface area contributed by atoms with Gasteiger partial charge < -0.3 is 15.3 Å². The van der Waals surface area contributed by atoms with Crippen LogP contribution in [0.1, 0.15) is 31.7 Å². The Labute approximate surface area is 124 Å². The van der Waals surface area contributed by atoms with Crippen molar-refractivity contribution in [2.45, 2.75) is 38.8 Å². The third-order valence-corrected chi connectivity index (χ3v) is 3.93. The molecule has 114 valence electrons. The van der Waals surface area contributed by atoms with E-state index in [1.165, 1.54) is 0 Å². The van der Waals surface area contributed by atoms with Crippen LogP contribution < -0.4 is 5.32 Å². The maximum atomic E-state index is 12.3. The van der Waals surface area contributed by atoms with Gasteiger partial charge in [-0.1, -0.05) is 6.42 Å². The predicted octanol–water partition coefficient (Wildman–Crippen LogP) is 1.87. The van der Waals surface area contributed by atoms with Crippen LogP contribution >= 0.6 is 0 Å². The lowest BCUT2D eigenvalue weighted by molar-refractivity contribution is -0.142. The molecule has 21 heavy (non-hydrogen) atoms. The van der Waals surface area contributed by atoms with Crippen molar-refractivity contribution in [1.82, 2.24) is 15.2 Å². The summed E-state index contributed by atoms with van der Waals surface area (Å²) in [6.45, 7) is 2.97. The lowest BCUT2D eigenvalue weighted by Crippen LogP contribution is -2.47. The summed E-state index contributed by atoms with van der Waals surface area (Å²) >= 11 is 0. The molecule has 1 aromatic rings. The van der Waals surface area contributed by atoms with Crippen LogP contribution in [0.25, 0.3) is 0 Å². The molecule has 0 aromatic carbocycles. The van der Waals surface area contributed by atoms with E-state index in [1.807, 2.05) is 19.1 Å². The van der Waals surface area contributed by atoms with Gasteiger partial charge in [0.25, 0.3) is 0 Å². The minimum Gasteiger partial charge on any atom is -0.481 e. The molecule has 0 saturated heterocycles. The number of pyridine rings is 1. The van der Waals surface area contributed by atoms with Gasteiger partial charge in [0.15, 0.2) is 0 Å². The topological polar surface area (TPSA) is 82.5 Å². The van der Waals surface area contributed by atoms with Gasteiger partial charge in [0, 0.05) is 31.5 Å². The van der Waals surface area contributed by atoms with Crippen LogP contribution in [-0.2, 0) is 11.3 Å². The summed E-state index contributed by atoms with van der Waals surface area (Å²) in [5.74, 6) is -1.29. The smallest absolute Gasteiger partial charge is 0.317 e. The lowest BCUT2D eigenvalue weighted by Gasteiger charge is -2.25. The summed E-state index contributed by atoms with van der Waals surface area (Å²) in [4.78, 5) is 29.1. The number of aromatic nitrogens is 1. The maximum Gasteiger partial charge on any atom is 0.317 e. The van der Waals surface area contributed by atoms with E-state index in [-0.39, 0.29) is 12.1 Å². The summed E-state index contributed by atoms with van der Waals surface area (Å²) in [6, 6.07) is 3.27. The first-order valence-corrected chi connectivity index (χ1v) is 7.29. The van der Waals surface area contributed by atoms with Gasteiger partial charge in [0.1, 0.15) is 0 Å². The second kappa shape index (κ2) is 7.06. The predicted molar refractivity (Wildman–Crippen MR) is 77.6 cm³/mol. The molecule has 6 heteroatoms. The SMILES string of the molecule is CCN(Cc1ccncc1)C(=O)NC1CCCC1C(=O)O. The van der Waals surface area contributed by atoms with E-state index in [0.29, 0.717) is 19.5 Å². The average molecular weight is 291 g/mol. The lowest BCUT2D eigenvalue weighted by atomic mass is 10.0. The number of rotatable bonds is 5. The monoisotopic (exact) mass is 291 g/mol. The fourth-order valence-corrected chi connectivity index (χ4v) is 2.71. The van der Waals surface area contributed by atoms with Gasteiger partial charge in [-0.3, -0.25) is 9.78 Å². The molecule has 1 heterocycles. The van der Waals surface area contributed by atoms with Gasteiger partial charge in [0.05, 0.1) is 5.92 Å². The Bertz CT molecular complexity index is 492. The number of amides is 2. The van der Waals surface area contributed by atoms with Crippen LogP contribution in [0.4, 0.5) is 4.79 Å². The van der Waals surface area contributed by atoms with Crippen LogP contribution in [0.2, 0.25) is 0 Å². The molecule has 0 spiro atoms. The molecule has 0 bridgehead atoms. The minimum absolute atomic E-state index is 0.201. The molecule has 1 aromatic heterocycles. The number of carbonyl (C=O) groups excluding carboxylic acids is 1. The molecule has 0 aliphatic heterocycles. The van der Waals surface area contributed by atoms with E-state index in [0.717, 1.165) is 18.4 Å². The second-order valence-corrected chi connectivity index (χ2v) is 5.30. The van der Waals surface area contributed by atoms with Crippen LogP contribution in [-0.4, -0.2) is 39.6 Å². The van der Waals surface area contributed by atoms with Crippen molar-refractivity contribution in [3.63, 3.8) is 0 Å². The largest absolute Gasteiger partial charge is 0.481 e. The first-order chi connectivity index (χ1) is 10.1. The number of carboxylic acids is 1. The van der Waals surface area contributed by atoms with Crippen LogP contribution in [0.3, 0.4) is 0 Å². The molecule has 2 unspecified atom stereocenters. The van der Waals surface area contributed by atoms with E-state index in [2.05, 4.69) is 10.3 Å². The zero-order valence-electron chi connectivity index (χ0n) is 12.2. The molecule has 0 radical (unpaired) electrons. The third kappa shape index (κ3) is 3.93. The zero-order chi connectivity index (χ0) is 15.2. The van der Waals surface area contributed by atoms with Gasteiger partial charge in [-0.15, -0.1) is 0 Å². The fourth-order valence-electron chi connectivity index (χ4n) is 2.71. The molecule has 2 rings (SSSR count). The number of nitrogens with zero attached hydrogens (tertiary/aromatic N) is 2. The number of hydrogen-bond donors (Lipinski definition) is 2. The number of aliphatic carboxylic acids is 1.